The summed E-state index contributed by atoms with van der Waals surface area (Å²) < 4.78 is 60.4. The van der Waals surface area contributed by atoms with Crippen LogP contribution in [0, 0.1) is 11.3 Å². The van der Waals surface area contributed by atoms with Gasteiger partial charge in [-0.3, -0.25) is 0 Å². The third kappa shape index (κ3) is 3.28. The number of rotatable bonds is 2. The van der Waals surface area contributed by atoms with Crippen molar-refractivity contribution in [3.05, 3.63) is 41.5 Å². The summed E-state index contributed by atoms with van der Waals surface area (Å²) in [4.78, 5) is 0. The summed E-state index contributed by atoms with van der Waals surface area (Å²) in [6.45, 7) is 0. The first kappa shape index (κ1) is 13.2. The zero-order valence-electron chi connectivity index (χ0n) is 8.30. The fourth-order valence-electron chi connectivity index (χ4n) is 0.964. The third-order valence-corrected chi connectivity index (χ3v) is 1.90. The minimum Gasteiger partial charge on any atom is -0.192 e. The average molecular weight is 247 g/mol. The highest BCUT2D eigenvalue weighted by Crippen LogP contribution is 2.36. The second-order valence-electron chi connectivity index (χ2n) is 3.19. The van der Waals surface area contributed by atoms with Gasteiger partial charge in [-0.15, -0.1) is 0 Å². The van der Waals surface area contributed by atoms with E-state index in [1.54, 1.807) is 6.07 Å². The zero-order chi connectivity index (χ0) is 13.1. The number of hydrogen-bond acceptors (Lipinski definition) is 1. The van der Waals surface area contributed by atoms with E-state index in [-0.39, 0.29) is 11.6 Å². The summed E-state index contributed by atoms with van der Waals surface area (Å²) in [5.74, 6) is -4.86. The average Bonchev–Trinajstić information content (AvgIpc) is 2.25. The van der Waals surface area contributed by atoms with Crippen LogP contribution in [0.2, 0.25) is 0 Å². The Kier molecular flexibility index (Phi) is 3.51. The molecule has 1 rings (SSSR count). The van der Waals surface area contributed by atoms with E-state index < -0.39 is 12.1 Å². The van der Waals surface area contributed by atoms with Gasteiger partial charge in [0.05, 0.1) is 11.6 Å². The fourth-order valence-corrected chi connectivity index (χ4v) is 0.964. The molecule has 0 heterocycles. The fraction of sp³-hybridized carbons (Fsp3) is 0.182. The van der Waals surface area contributed by atoms with Gasteiger partial charge in [0.2, 0.25) is 0 Å². The lowest BCUT2D eigenvalue weighted by atomic mass is 10.1. The predicted molar refractivity (Wildman–Crippen MR) is 51.2 cm³/mol. The van der Waals surface area contributed by atoms with E-state index in [0.29, 0.717) is 11.6 Å². The van der Waals surface area contributed by atoms with Gasteiger partial charge >= 0.3 is 12.1 Å². The van der Waals surface area contributed by atoms with Crippen molar-refractivity contribution in [2.24, 2.45) is 0 Å². The highest BCUT2D eigenvalue weighted by molar-refractivity contribution is 5.52. The van der Waals surface area contributed by atoms with Crippen molar-refractivity contribution in [2.75, 3.05) is 0 Å². The maximum atomic E-state index is 12.5. The molecule has 0 aliphatic heterocycles. The molecule has 0 saturated carbocycles. The van der Waals surface area contributed by atoms with Crippen molar-refractivity contribution in [1.29, 1.82) is 5.26 Å². The van der Waals surface area contributed by atoms with E-state index in [1.807, 2.05) is 0 Å². The van der Waals surface area contributed by atoms with Crippen molar-refractivity contribution in [3.8, 4) is 6.07 Å². The minimum atomic E-state index is -5.60. The van der Waals surface area contributed by atoms with Gasteiger partial charge in [-0.1, -0.05) is 18.2 Å². The van der Waals surface area contributed by atoms with Crippen molar-refractivity contribution in [3.63, 3.8) is 0 Å². The standard InChI is InChI=1S/C11H6F5N/c12-10(13,11(14,15)16)6-5-8-1-3-9(7-17)4-2-8/h1-6H/b6-5-. The Morgan fingerprint density at radius 1 is 1.00 bits per heavy atom. The van der Waals surface area contributed by atoms with Crippen molar-refractivity contribution < 1.29 is 22.0 Å². The van der Waals surface area contributed by atoms with Crippen molar-refractivity contribution in [2.45, 2.75) is 12.1 Å². The molecule has 0 fully saturated rings. The summed E-state index contributed by atoms with van der Waals surface area (Å²) in [6.07, 6.45) is -5.15. The highest BCUT2D eigenvalue weighted by atomic mass is 19.4. The Hall–Kier alpha value is -1.90. The van der Waals surface area contributed by atoms with Gasteiger partial charge in [-0.2, -0.15) is 27.2 Å². The molecule has 0 atom stereocenters. The SMILES string of the molecule is N#Cc1ccc(/C=C\C(F)(F)C(F)(F)F)cc1. The maximum absolute atomic E-state index is 12.5. The second kappa shape index (κ2) is 4.53. The number of allylic oxidation sites excluding steroid dienone is 1. The molecule has 0 spiro atoms. The lowest BCUT2D eigenvalue weighted by Crippen LogP contribution is -2.33. The minimum absolute atomic E-state index is 0.160. The van der Waals surface area contributed by atoms with E-state index >= 15 is 0 Å². The molecule has 90 valence electrons. The lowest BCUT2D eigenvalue weighted by molar-refractivity contribution is -0.258. The van der Waals surface area contributed by atoms with Gasteiger partial charge in [0.25, 0.3) is 0 Å². The molecule has 0 amide bonds. The first-order valence-electron chi connectivity index (χ1n) is 4.40. The van der Waals surface area contributed by atoms with E-state index in [9.17, 15) is 22.0 Å². The second-order valence-corrected chi connectivity index (χ2v) is 3.19. The van der Waals surface area contributed by atoms with Crippen LogP contribution in [0.25, 0.3) is 6.08 Å². The molecule has 0 aromatic heterocycles. The molecule has 6 heteroatoms. The van der Waals surface area contributed by atoms with E-state index in [1.165, 1.54) is 24.3 Å². The van der Waals surface area contributed by atoms with Crippen LogP contribution in [0.15, 0.2) is 30.3 Å². The first-order chi connectivity index (χ1) is 7.76. The topological polar surface area (TPSA) is 23.8 Å². The monoisotopic (exact) mass is 247 g/mol. The van der Waals surface area contributed by atoms with E-state index in [0.717, 1.165) is 0 Å². The van der Waals surface area contributed by atoms with Gasteiger partial charge in [0.1, 0.15) is 0 Å². The highest BCUT2D eigenvalue weighted by Gasteiger charge is 2.55. The number of benzene rings is 1. The lowest BCUT2D eigenvalue weighted by Gasteiger charge is -2.15. The normalized spacial score (nSPS) is 12.7. The summed E-state index contributed by atoms with van der Waals surface area (Å²) in [5, 5.41) is 8.46. The van der Waals surface area contributed by atoms with Gasteiger partial charge in [-0.05, 0) is 23.8 Å². The number of halogens is 5. The van der Waals surface area contributed by atoms with Crippen molar-refractivity contribution >= 4 is 6.08 Å². The van der Waals surface area contributed by atoms with Gasteiger partial charge in [0, 0.05) is 0 Å². The van der Waals surface area contributed by atoms with Gasteiger partial charge in [-0.25, -0.2) is 0 Å². The van der Waals surface area contributed by atoms with Crippen LogP contribution in [-0.2, 0) is 0 Å². The van der Waals surface area contributed by atoms with Crippen LogP contribution in [0.1, 0.15) is 11.1 Å². The van der Waals surface area contributed by atoms with Gasteiger partial charge < -0.3 is 0 Å². The summed E-state index contributed by atoms with van der Waals surface area (Å²) in [6, 6.07) is 7.01. The number of hydrogen-bond donors (Lipinski definition) is 0. The van der Waals surface area contributed by atoms with Crippen LogP contribution in [0.4, 0.5) is 22.0 Å². The predicted octanol–water partition coefficient (Wildman–Crippen LogP) is 3.77. The molecule has 0 aliphatic rings. The number of nitriles is 1. The zero-order valence-corrected chi connectivity index (χ0v) is 8.30. The summed E-state index contributed by atoms with van der Waals surface area (Å²) in [7, 11) is 0. The largest absolute Gasteiger partial charge is 0.457 e. The Balaban J connectivity index is 2.88. The molecule has 0 radical (unpaired) electrons. The molecular formula is C11H6F5N. The van der Waals surface area contributed by atoms with Crippen LogP contribution in [0.3, 0.4) is 0 Å². The first-order valence-corrected chi connectivity index (χ1v) is 4.40. The van der Waals surface area contributed by atoms with Crippen LogP contribution in [0.5, 0.6) is 0 Å². The molecule has 1 aromatic carbocycles. The molecule has 17 heavy (non-hydrogen) atoms. The molecule has 0 N–H and O–H groups in total. The van der Waals surface area contributed by atoms with Crippen LogP contribution in [-0.4, -0.2) is 12.1 Å². The number of nitrogens with zero attached hydrogens (tertiary/aromatic N) is 1. The third-order valence-electron chi connectivity index (χ3n) is 1.90. The molecular weight excluding hydrogens is 241 g/mol. The van der Waals surface area contributed by atoms with E-state index in [4.69, 9.17) is 5.26 Å². The molecule has 0 saturated heterocycles. The molecule has 0 unspecified atom stereocenters. The molecule has 0 bridgehead atoms. The quantitative estimate of drug-likeness (QED) is 0.730. The molecule has 1 nitrogen and oxygen atoms in total. The Morgan fingerprint density at radius 2 is 1.53 bits per heavy atom. The maximum Gasteiger partial charge on any atom is 0.457 e. The summed E-state index contributed by atoms with van der Waals surface area (Å²) >= 11 is 0. The number of alkyl halides is 5. The smallest absolute Gasteiger partial charge is 0.192 e. The summed E-state index contributed by atoms with van der Waals surface area (Å²) in [5.41, 5.74) is 0.456. The van der Waals surface area contributed by atoms with Gasteiger partial charge in [0.15, 0.2) is 0 Å². The molecule has 1 aromatic rings. The Labute approximate surface area is 93.8 Å². The molecule has 0 aliphatic carbocycles. The van der Waals surface area contributed by atoms with Crippen LogP contribution >= 0.6 is 0 Å². The van der Waals surface area contributed by atoms with Crippen LogP contribution < -0.4 is 0 Å². The van der Waals surface area contributed by atoms with Crippen molar-refractivity contribution in [1.82, 2.24) is 0 Å². The Morgan fingerprint density at radius 3 is 1.94 bits per heavy atom. The Bertz CT molecular complexity index is 450. The van der Waals surface area contributed by atoms with E-state index in [2.05, 4.69) is 0 Å².